The topological polar surface area (TPSA) is 87.8 Å². The van der Waals surface area contributed by atoms with E-state index in [0.717, 1.165) is 32.0 Å². The van der Waals surface area contributed by atoms with E-state index in [9.17, 15) is 9.59 Å². The number of amides is 3. The van der Waals surface area contributed by atoms with Crippen molar-refractivity contribution in [1.82, 2.24) is 30.1 Å². The van der Waals surface area contributed by atoms with E-state index in [2.05, 4.69) is 47.1 Å². The van der Waals surface area contributed by atoms with Gasteiger partial charge in [-0.25, -0.2) is 9.78 Å². The molecule has 4 aromatic rings. The fraction of sp³-hybridized carbons (Fsp3) is 0.324. The van der Waals surface area contributed by atoms with Gasteiger partial charge in [0.15, 0.2) is 5.13 Å². The second-order valence-electron chi connectivity index (χ2n) is 11.8. The molecule has 0 radical (unpaired) electrons. The summed E-state index contributed by atoms with van der Waals surface area (Å²) in [7, 11) is 4.01. The lowest BCUT2D eigenvalue weighted by atomic mass is 10.0. The summed E-state index contributed by atoms with van der Waals surface area (Å²) in [6.45, 7) is 5.75. The second-order valence-corrected chi connectivity index (χ2v) is 12.8. The van der Waals surface area contributed by atoms with Gasteiger partial charge < -0.3 is 19.9 Å². The number of carbonyl (C=O) groups is 2. The van der Waals surface area contributed by atoms with Crippen molar-refractivity contribution < 1.29 is 14.3 Å². The van der Waals surface area contributed by atoms with E-state index >= 15 is 0 Å². The molecule has 3 aliphatic rings. The summed E-state index contributed by atoms with van der Waals surface area (Å²) in [5.41, 5.74) is 4.11. The maximum Gasteiger partial charge on any atom is 0.332 e. The molecule has 232 valence electrons. The van der Waals surface area contributed by atoms with Gasteiger partial charge in [-0.2, -0.15) is 5.01 Å². The maximum absolute atomic E-state index is 13.9. The number of urea groups is 1. The van der Waals surface area contributed by atoms with Crippen molar-refractivity contribution in [3.8, 4) is 0 Å². The SMILES string of the molecule is C=CCN(C(=O)NCc1ccccc1)N1CC(=O)N2[C@@H](c3ccccc3)C3OC3N(Cc3cccc4sc(N(C)C)nc34)C[C@@H]21. The molecule has 4 atom stereocenters. The molecule has 3 aliphatic heterocycles. The first-order valence-corrected chi connectivity index (χ1v) is 16.0. The first-order chi connectivity index (χ1) is 21.9. The molecule has 3 aromatic carbocycles. The van der Waals surface area contributed by atoms with Crippen LogP contribution in [0.25, 0.3) is 10.2 Å². The number of hydrazine groups is 1. The summed E-state index contributed by atoms with van der Waals surface area (Å²) >= 11 is 1.67. The fourth-order valence-corrected chi connectivity index (χ4v) is 7.43. The number of epoxide rings is 1. The van der Waals surface area contributed by atoms with Crippen molar-refractivity contribution in [3.63, 3.8) is 0 Å². The highest BCUT2D eigenvalue weighted by molar-refractivity contribution is 7.22. The Hall–Kier alpha value is -4.29. The Balaban J connectivity index is 1.22. The van der Waals surface area contributed by atoms with Gasteiger partial charge in [-0.3, -0.25) is 14.7 Å². The van der Waals surface area contributed by atoms with Crippen LogP contribution in [-0.4, -0.2) is 89.0 Å². The van der Waals surface area contributed by atoms with Crippen molar-refractivity contribution in [3.05, 3.63) is 108 Å². The Kier molecular flexibility index (Phi) is 8.01. The van der Waals surface area contributed by atoms with Crippen LogP contribution in [0.3, 0.4) is 0 Å². The van der Waals surface area contributed by atoms with E-state index in [-0.39, 0.29) is 43.4 Å². The maximum atomic E-state index is 13.9. The largest absolute Gasteiger partial charge is 0.354 e. The number of rotatable bonds is 9. The lowest BCUT2D eigenvalue weighted by Gasteiger charge is -2.39. The number of nitrogens with zero attached hydrogens (tertiary/aromatic N) is 6. The second kappa shape index (κ2) is 12.2. The van der Waals surface area contributed by atoms with E-state index in [1.54, 1.807) is 22.4 Å². The summed E-state index contributed by atoms with van der Waals surface area (Å²) in [6, 6.07) is 25.6. The van der Waals surface area contributed by atoms with Gasteiger partial charge in [-0.05, 0) is 22.8 Å². The normalized spacial score (nSPS) is 22.9. The van der Waals surface area contributed by atoms with Crippen LogP contribution in [0.4, 0.5) is 9.93 Å². The number of benzene rings is 3. The van der Waals surface area contributed by atoms with E-state index in [4.69, 9.17) is 9.72 Å². The molecule has 1 N–H and O–H groups in total. The van der Waals surface area contributed by atoms with Gasteiger partial charge in [0.1, 0.15) is 18.5 Å². The first-order valence-electron chi connectivity index (χ1n) is 15.2. The highest BCUT2D eigenvalue weighted by Crippen LogP contribution is 2.47. The Morgan fingerprint density at radius 1 is 1.09 bits per heavy atom. The smallest absolute Gasteiger partial charge is 0.332 e. The molecule has 0 aliphatic carbocycles. The summed E-state index contributed by atoms with van der Waals surface area (Å²) in [6.07, 6.45) is 0.948. The number of aromatic nitrogens is 1. The van der Waals surface area contributed by atoms with Crippen LogP contribution in [0.1, 0.15) is 22.7 Å². The van der Waals surface area contributed by atoms with Crippen molar-refractivity contribution in [2.24, 2.45) is 0 Å². The predicted octanol–water partition coefficient (Wildman–Crippen LogP) is 4.43. The van der Waals surface area contributed by atoms with Crippen LogP contribution >= 0.6 is 11.3 Å². The van der Waals surface area contributed by atoms with Crippen LogP contribution in [0.15, 0.2) is 91.5 Å². The van der Waals surface area contributed by atoms with Gasteiger partial charge in [-0.1, -0.05) is 90.2 Å². The predicted molar refractivity (Wildman–Crippen MR) is 175 cm³/mol. The number of fused-ring (bicyclic) bond motifs is 3. The number of ether oxygens (including phenoxy) is 1. The molecular formula is C34H37N7O3S. The molecule has 2 unspecified atom stereocenters. The molecule has 10 nitrogen and oxygen atoms in total. The highest BCUT2D eigenvalue weighted by atomic mass is 32.1. The van der Waals surface area contributed by atoms with Crippen LogP contribution in [-0.2, 0) is 22.6 Å². The molecule has 1 aromatic heterocycles. The van der Waals surface area contributed by atoms with Crippen molar-refractivity contribution in [2.45, 2.75) is 37.6 Å². The van der Waals surface area contributed by atoms with Crippen molar-refractivity contribution >= 4 is 38.6 Å². The molecule has 0 spiro atoms. The molecule has 3 amide bonds. The average molecular weight is 624 g/mol. The number of carbonyl (C=O) groups excluding carboxylic acids is 2. The Morgan fingerprint density at radius 2 is 1.84 bits per heavy atom. The number of nitrogens with one attached hydrogen (secondary N) is 1. The molecule has 45 heavy (non-hydrogen) atoms. The molecule has 0 saturated carbocycles. The Labute approximate surface area is 267 Å². The van der Waals surface area contributed by atoms with Crippen LogP contribution < -0.4 is 10.2 Å². The summed E-state index contributed by atoms with van der Waals surface area (Å²) in [5, 5.41) is 7.54. The third-order valence-corrected chi connectivity index (χ3v) is 9.83. The lowest BCUT2D eigenvalue weighted by molar-refractivity contribution is -0.131. The molecule has 3 saturated heterocycles. The summed E-state index contributed by atoms with van der Waals surface area (Å²) in [5.74, 6) is -0.0351. The van der Waals surface area contributed by atoms with Gasteiger partial charge in [0.25, 0.3) is 0 Å². The van der Waals surface area contributed by atoms with Crippen molar-refractivity contribution in [2.75, 3.05) is 38.6 Å². The molecule has 0 bridgehead atoms. The zero-order chi connectivity index (χ0) is 31.1. The van der Waals surface area contributed by atoms with Gasteiger partial charge in [-0.15, -0.1) is 6.58 Å². The Bertz CT molecular complexity index is 1700. The summed E-state index contributed by atoms with van der Waals surface area (Å²) < 4.78 is 7.51. The number of hydrogen-bond acceptors (Lipinski definition) is 8. The van der Waals surface area contributed by atoms with Crippen LogP contribution in [0, 0.1) is 0 Å². The fourth-order valence-electron chi connectivity index (χ4n) is 6.49. The monoisotopic (exact) mass is 623 g/mol. The lowest BCUT2D eigenvalue weighted by Crippen LogP contribution is -2.57. The van der Waals surface area contributed by atoms with Crippen molar-refractivity contribution in [1.29, 1.82) is 0 Å². The minimum Gasteiger partial charge on any atom is -0.354 e. The molecule has 4 heterocycles. The molecular weight excluding hydrogens is 586 g/mol. The quantitative estimate of drug-likeness (QED) is 0.218. The van der Waals surface area contributed by atoms with Crippen LogP contribution in [0.5, 0.6) is 0 Å². The standard InChI is InChI=1S/C34H37N7O3S/c1-4-18-39(33(43)35-19-23-12-7-5-8-13-23)40-22-28(42)41-27(40)21-38(32-31(44-32)30(41)24-14-9-6-10-15-24)20-25-16-11-17-26-29(25)36-34(45-26)37(2)3/h4-17,27,30-32H,1,18-22H2,2-3H3,(H,35,43)/t27-,30+,31?,32?/m1/s1. The van der Waals surface area contributed by atoms with E-state index in [0.29, 0.717) is 19.6 Å². The third-order valence-electron chi connectivity index (χ3n) is 8.64. The Morgan fingerprint density at radius 3 is 2.58 bits per heavy atom. The average Bonchev–Trinajstić information content (AvgIpc) is 3.63. The first kappa shape index (κ1) is 29.4. The molecule has 7 rings (SSSR count). The molecule has 11 heteroatoms. The van der Waals surface area contributed by atoms with E-state index in [1.165, 1.54) is 0 Å². The number of thiazole rings is 1. The minimum atomic E-state index is -0.395. The highest BCUT2D eigenvalue weighted by Gasteiger charge is 2.60. The zero-order valence-electron chi connectivity index (χ0n) is 25.5. The number of hydrogen-bond donors (Lipinski definition) is 1. The van der Waals surface area contributed by atoms with Gasteiger partial charge in [0, 0.05) is 33.7 Å². The van der Waals surface area contributed by atoms with Gasteiger partial charge >= 0.3 is 6.03 Å². The number of para-hydroxylation sites is 1. The van der Waals surface area contributed by atoms with Gasteiger partial charge in [0.05, 0.1) is 29.3 Å². The minimum absolute atomic E-state index is 0.0351. The summed E-state index contributed by atoms with van der Waals surface area (Å²) in [4.78, 5) is 38.9. The van der Waals surface area contributed by atoms with Crippen LogP contribution in [0.2, 0.25) is 0 Å². The van der Waals surface area contributed by atoms with Gasteiger partial charge in [0.2, 0.25) is 5.91 Å². The number of anilines is 1. The third kappa shape index (κ3) is 5.68. The van der Waals surface area contributed by atoms with E-state index < -0.39 is 6.17 Å². The van der Waals surface area contributed by atoms with E-state index in [1.807, 2.05) is 77.4 Å². The zero-order valence-corrected chi connectivity index (χ0v) is 26.3. The molecule has 3 fully saturated rings.